The lowest BCUT2D eigenvalue weighted by atomic mass is 10.1. The zero-order valence-electron chi connectivity index (χ0n) is 16.8. The summed E-state index contributed by atoms with van der Waals surface area (Å²) in [4.78, 5) is 44.7. The highest BCUT2D eigenvalue weighted by Gasteiger charge is 2.36. The lowest BCUT2D eigenvalue weighted by Gasteiger charge is -2.13. The van der Waals surface area contributed by atoms with Gasteiger partial charge in [0.15, 0.2) is 0 Å². The second kappa shape index (κ2) is 7.40. The summed E-state index contributed by atoms with van der Waals surface area (Å²) < 4.78 is 1.07. The van der Waals surface area contributed by atoms with E-state index >= 15 is 0 Å². The third-order valence-corrected chi connectivity index (χ3v) is 7.50. The Morgan fingerprint density at radius 1 is 0.968 bits per heavy atom. The molecule has 0 atom stereocenters. The first-order valence-electron chi connectivity index (χ1n) is 9.65. The van der Waals surface area contributed by atoms with E-state index in [9.17, 15) is 14.4 Å². The number of hydrogen-bond donors (Lipinski definition) is 1. The predicted molar refractivity (Wildman–Crippen MR) is 123 cm³/mol. The van der Waals surface area contributed by atoms with Gasteiger partial charge in [-0.05, 0) is 43.7 Å². The summed E-state index contributed by atoms with van der Waals surface area (Å²) in [6, 6.07) is 14.5. The Kier molecular flexibility index (Phi) is 4.68. The number of hydrogen-bond acceptors (Lipinski definition) is 6. The zero-order valence-corrected chi connectivity index (χ0v) is 18.4. The molecule has 1 aliphatic heterocycles. The number of nitrogens with one attached hydrogen (secondary N) is 1. The number of carbonyl (C=O) groups excluding carboxylic acids is 3. The summed E-state index contributed by atoms with van der Waals surface area (Å²) in [5.74, 6) is -1.31. The minimum absolute atomic E-state index is 0.332. The SMILES string of the molecule is Cc1sc(NC(=O)CN2C(=O)c3ccccc3C2=O)c(-c2nc3ccccc3s2)c1C. The quantitative estimate of drug-likeness (QED) is 0.453. The average Bonchev–Trinajstić information content (AvgIpc) is 3.37. The molecule has 6 nitrogen and oxygen atoms in total. The zero-order chi connectivity index (χ0) is 21.7. The van der Waals surface area contributed by atoms with Gasteiger partial charge in [-0.1, -0.05) is 24.3 Å². The maximum atomic E-state index is 12.8. The van der Waals surface area contributed by atoms with E-state index in [4.69, 9.17) is 4.98 Å². The van der Waals surface area contributed by atoms with Crippen LogP contribution in [0.1, 0.15) is 31.2 Å². The van der Waals surface area contributed by atoms with Gasteiger partial charge in [-0.2, -0.15) is 0 Å². The van der Waals surface area contributed by atoms with Crippen LogP contribution in [0.4, 0.5) is 5.00 Å². The molecule has 8 heteroatoms. The van der Waals surface area contributed by atoms with Gasteiger partial charge in [0.25, 0.3) is 11.8 Å². The fourth-order valence-electron chi connectivity index (χ4n) is 3.64. The minimum atomic E-state index is -0.444. The first-order chi connectivity index (χ1) is 14.9. The number of anilines is 1. The number of nitrogens with zero attached hydrogens (tertiary/aromatic N) is 2. The molecule has 3 heterocycles. The largest absolute Gasteiger partial charge is 0.316 e. The molecule has 0 spiro atoms. The van der Waals surface area contributed by atoms with E-state index in [0.29, 0.717) is 16.1 Å². The van der Waals surface area contributed by atoms with Gasteiger partial charge in [0.2, 0.25) is 5.91 Å². The van der Waals surface area contributed by atoms with Gasteiger partial charge >= 0.3 is 0 Å². The summed E-state index contributed by atoms with van der Waals surface area (Å²) in [5.41, 5.74) is 3.52. The molecule has 2 aromatic carbocycles. The Balaban J connectivity index is 1.42. The number of carbonyl (C=O) groups is 3. The molecule has 1 aliphatic rings. The molecular weight excluding hydrogens is 430 g/mol. The molecule has 0 bridgehead atoms. The number of fused-ring (bicyclic) bond motifs is 2. The van der Waals surface area contributed by atoms with E-state index in [1.807, 2.05) is 38.1 Å². The van der Waals surface area contributed by atoms with Gasteiger partial charge in [0, 0.05) is 10.4 Å². The second-order valence-electron chi connectivity index (χ2n) is 7.26. The van der Waals surface area contributed by atoms with Crippen LogP contribution in [-0.2, 0) is 4.79 Å². The molecule has 1 N–H and O–H groups in total. The van der Waals surface area contributed by atoms with Crippen molar-refractivity contribution in [2.24, 2.45) is 0 Å². The van der Waals surface area contributed by atoms with E-state index in [1.54, 1.807) is 35.6 Å². The summed E-state index contributed by atoms with van der Waals surface area (Å²) in [7, 11) is 0. The lowest BCUT2D eigenvalue weighted by Crippen LogP contribution is -2.37. The average molecular weight is 448 g/mol. The minimum Gasteiger partial charge on any atom is -0.316 e. The maximum Gasteiger partial charge on any atom is 0.262 e. The molecule has 0 saturated heterocycles. The molecule has 0 saturated carbocycles. The van der Waals surface area contributed by atoms with Crippen molar-refractivity contribution in [3.63, 3.8) is 0 Å². The Morgan fingerprint density at radius 3 is 2.29 bits per heavy atom. The van der Waals surface area contributed by atoms with Crippen LogP contribution in [0.3, 0.4) is 0 Å². The first kappa shape index (κ1) is 19.6. The Morgan fingerprint density at radius 2 is 1.61 bits per heavy atom. The number of thiazole rings is 1. The van der Waals surface area contributed by atoms with Crippen LogP contribution in [0.5, 0.6) is 0 Å². The first-order valence-corrected chi connectivity index (χ1v) is 11.3. The van der Waals surface area contributed by atoms with Gasteiger partial charge in [-0.3, -0.25) is 19.3 Å². The Bertz CT molecular complexity index is 1320. The van der Waals surface area contributed by atoms with Crippen LogP contribution in [0.2, 0.25) is 0 Å². The van der Waals surface area contributed by atoms with E-state index < -0.39 is 17.7 Å². The van der Waals surface area contributed by atoms with Crippen molar-refractivity contribution in [2.75, 3.05) is 11.9 Å². The van der Waals surface area contributed by atoms with Crippen LogP contribution in [0.15, 0.2) is 48.5 Å². The van der Waals surface area contributed by atoms with Crippen LogP contribution in [-0.4, -0.2) is 34.2 Å². The fraction of sp³-hybridized carbons (Fsp3) is 0.130. The summed E-state index contributed by atoms with van der Waals surface area (Å²) in [6.07, 6.45) is 0. The number of aromatic nitrogens is 1. The topological polar surface area (TPSA) is 79.4 Å². The molecule has 4 aromatic rings. The molecule has 5 rings (SSSR count). The molecule has 31 heavy (non-hydrogen) atoms. The number of benzene rings is 2. The van der Waals surface area contributed by atoms with Crippen molar-refractivity contribution in [1.82, 2.24) is 9.88 Å². The third kappa shape index (κ3) is 3.24. The Labute approximate surface area is 186 Å². The van der Waals surface area contributed by atoms with Gasteiger partial charge < -0.3 is 5.32 Å². The number of amides is 3. The van der Waals surface area contributed by atoms with Gasteiger partial charge in [-0.15, -0.1) is 22.7 Å². The van der Waals surface area contributed by atoms with Crippen molar-refractivity contribution in [2.45, 2.75) is 13.8 Å². The smallest absolute Gasteiger partial charge is 0.262 e. The summed E-state index contributed by atoms with van der Waals surface area (Å²) >= 11 is 3.04. The van der Waals surface area contributed by atoms with Gasteiger partial charge in [0.1, 0.15) is 16.6 Å². The highest BCUT2D eigenvalue weighted by molar-refractivity contribution is 7.22. The summed E-state index contributed by atoms with van der Waals surface area (Å²) in [5, 5.41) is 4.42. The van der Waals surface area contributed by atoms with Crippen LogP contribution in [0, 0.1) is 13.8 Å². The fourth-order valence-corrected chi connectivity index (χ4v) is 5.86. The van der Waals surface area contributed by atoms with Crippen LogP contribution in [0.25, 0.3) is 20.8 Å². The van der Waals surface area contributed by atoms with Crippen LogP contribution < -0.4 is 5.32 Å². The molecular formula is C23H17N3O3S2. The number of thiophene rings is 1. The van der Waals surface area contributed by atoms with Crippen LogP contribution >= 0.6 is 22.7 Å². The molecule has 0 aliphatic carbocycles. The van der Waals surface area contributed by atoms with E-state index in [-0.39, 0.29) is 6.54 Å². The number of imide groups is 1. The van der Waals surface area contributed by atoms with Gasteiger partial charge in [-0.25, -0.2) is 4.98 Å². The van der Waals surface area contributed by atoms with Crippen molar-refractivity contribution < 1.29 is 14.4 Å². The maximum absolute atomic E-state index is 12.8. The number of rotatable bonds is 4. The standard InChI is InChI=1S/C23H17N3O3S2/c1-12-13(2)30-21(19(12)20-24-16-9-5-6-10-17(16)31-20)25-18(27)11-26-22(28)14-7-3-4-8-15(14)23(26)29/h3-10H,11H2,1-2H3,(H,25,27). The molecule has 0 radical (unpaired) electrons. The summed E-state index contributed by atoms with van der Waals surface area (Å²) in [6.45, 7) is 3.67. The van der Waals surface area contributed by atoms with Crippen molar-refractivity contribution in [3.8, 4) is 10.6 Å². The van der Waals surface area contributed by atoms with Crippen molar-refractivity contribution in [1.29, 1.82) is 0 Å². The van der Waals surface area contributed by atoms with E-state index in [2.05, 4.69) is 5.32 Å². The molecule has 0 unspecified atom stereocenters. The number of aryl methyl sites for hydroxylation is 1. The van der Waals surface area contributed by atoms with Crippen molar-refractivity contribution in [3.05, 3.63) is 70.1 Å². The molecule has 0 fully saturated rings. The van der Waals surface area contributed by atoms with Gasteiger partial charge in [0.05, 0.1) is 21.3 Å². The Hall–Kier alpha value is -3.36. The monoisotopic (exact) mass is 447 g/mol. The lowest BCUT2D eigenvalue weighted by molar-refractivity contribution is -0.116. The highest BCUT2D eigenvalue weighted by Crippen LogP contribution is 2.43. The van der Waals surface area contributed by atoms with E-state index in [0.717, 1.165) is 36.1 Å². The van der Waals surface area contributed by atoms with Crippen molar-refractivity contribution >= 4 is 55.6 Å². The predicted octanol–water partition coefficient (Wildman–Crippen LogP) is 4.88. The highest BCUT2D eigenvalue weighted by atomic mass is 32.1. The van der Waals surface area contributed by atoms with E-state index in [1.165, 1.54) is 11.3 Å². The molecule has 2 aromatic heterocycles. The molecule has 3 amide bonds. The number of para-hydroxylation sites is 1. The third-order valence-electron chi connectivity index (χ3n) is 5.33. The normalized spacial score (nSPS) is 13.2. The second-order valence-corrected chi connectivity index (χ2v) is 9.52. The molecule has 154 valence electrons.